The van der Waals surface area contributed by atoms with Crippen LogP contribution in [0.15, 0.2) is 6.20 Å². The summed E-state index contributed by atoms with van der Waals surface area (Å²) in [7, 11) is 4.17. The lowest BCUT2D eigenvalue weighted by atomic mass is 9.69. The van der Waals surface area contributed by atoms with Gasteiger partial charge in [0, 0.05) is 43.4 Å². The zero-order valence-electron chi connectivity index (χ0n) is 18.3. The van der Waals surface area contributed by atoms with Crippen molar-refractivity contribution in [2.75, 3.05) is 33.8 Å². The van der Waals surface area contributed by atoms with Crippen molar-refractivity contribution in [1.29, 1.82) is 0 Å². The van der Waals surface area contributed by atoms with Gasteiger partial charge in [-0.1, -0.05) is 27.7 Å². The van der Waals surface area contributed by atoms with Gasteiger partial charge in [0.2, 0.25) is 0 Å². The highest BCUT2D eigenvalue weighted by Gasteiger charge is 2.38. The Labute approximate surface area is 190 Å². The first-order valence-corrected chi connectivity index (χ1v) is 9.80. The van der Waals surface area contributed by atoms with Crippen molar-refractivity contribution in [2.45, 2.75) is 65.5 Å². The predicted octanol–water partition coefficient (Wildman–Crippen LogP) is 4.66. The van der Waals surface area contributed by atoms with Gasteiger partial charge in [0.15, 0.2) is 0 Å². The Kier molecular flexibility index (Phi) is 15.1. The number of rotatable bonds is 9. The van der Waals surface area contributed by atoms with Crippen LogP contribution in [0, 0.1) is 11.3 Å². The van der Waals surface area contributed by atoms with Crippen LogP contribution in [0.25, 0.3) is 0 Å². The van der Waals surface area contributed by atoms with Crippen LogP contribution < -0.4 is 5.32 Å². The van der Waals surface area contributed by atoms with Crippen molar-refractivity contribution >= 4 is 37.2 Å². The second kappa shape index (κ2) is 14.1. The molecular weight excluding hydrogens is 419 g/mol. The second-order valence-electron chi connectivity index (χ2n) is 8.83. The number of ether oxygens (including phenoxy) is 1. The molecule has 0 bridgehead atoms. The van der Waals surface area contributed by atoms with Crippen molar-refractivity contribution in [3.63, 3.8) is 0 Å². The SMILES string of the molecule is CNCCN(C)Cc1cn[nH]c1C1CCC(C)(C)[C@H](OCC(C)C)C1.Cl.Cl.Cl. The van der Waals surface area contributed by atoms with E-state index in [2.05, 4.69) is 55.2 Å². The smallest absolute Gasteiger partial charge is 0.0632 e. The van der Waals surface area contributed by atoms with Gasteiger partial charge in [0.1, 0.15) is 0 Å². The number of hydrogen-bond donors (Lipinski definition) is 2. The largest absolute Gasteiger partial charge is 0.377 e. The minimum atomic E-state index is 0. The summed E-state index contributed by atoms with van der Waals surface area (Å²) in [6.07, 6.45) is 5.84. The maximum Gasteiger partial charge on any atom is 0.0632 e. The first-order valence-electron chi connectivity index (χ1n) is 9.80. The van der Waals surface area contributed by atoms with Crippen molar-refractivity contribution in [3.8, 4) is 0 Å². The van der Waals surface area contributed by atoms with Gasteiger partial charge >= 0.3 is 0 Å². The topological polar surface area (TPSA) is 53.2 Å². The Morgan fingerprint density at radius 1 is 1.32 bits per heavy atom. The van der Waals surface area contributed by atoms with E-state index in [-0.39, 0.29) is 42.6 Å². The Morgan fingerprint density at radius 3 is 2.61 bits per heavy atom. The van der Waals surface area contributed by atoms with E-state index in [0.29, 0.717) is 17.9 Å². The monoisotopic (exact) mass is 458 g/mol. The van der Waals surface area contributed by atoms with Crippen LogP contribution in [0.4, 0.5) is 0 Å². The molecule has 2 atom stereocenters. The van der Waals surface area contributed by atoms with Gasteiger partial charge in [-0.15, -0.1) is 37.2 Å². The van der Waals surface area contributed by atoms with Crippen LogP contribution in [0.5, 0.6) is 0 Å². The maximum atomic E-state index is 6.31. The van der Waals surface area contributed by atoms with Gasteiger partial charge in [-0.2, -0.15) is 5.10 Å². The number of nitrogens with zero attached hydrogens (tertiary/aromatic N) is 2. The van der Waals surface area contributed by atoms with E-state index < -0.39 is 0 Å². The first-order chi connectivity index (χ1) is 11.8. The minimum Gasteiger partial charge on any atom is -0.377 e. The van der Waals surface area contributed by atoms with Crippen LogP contribution >= 0.6 is 37.2 Å². The van der Waals surface area contributed by atoms with E-state index in [9.17, 15) is 0 Å². The molecule has 2 N–H and O–H groups in total. The molecule has 0 aliphatic heterocycles. The molecule has 1 saturated carbocycles. The molecule has 28 heavy (non-hydrogen) atoms. The van der Waals surface area contributed by atoms with Crippen molar-refractivity contribution < 1.29 is 4.74 Å². The summed E-state index contributed by atoms with van der Waals surface area (Å²) in [5.74, 6) is 1.11. The fourth-order valence-electron chi connectivity index (χ4n) is 3.74. The third-order valence-electron chi connectivity index (χ3n) is 5.48. The average Bonchev–Trinajstić information content (AvgIpc) is 2.99. The van der Waals surface area contributed by atoms with E-state index in [4.69, 9.17) is 4.74 Å². The highest BCUT2D eigenvalue weighted by Crippen LogP contribution is 2.44. The summed E-state index contributed by atoms with van der Waals surface area (Å²) in [5.41, 5.74) is 2.92. The molecule has 0 radical (unpaired) electrons. The molecular formula is C20H41Cl3N4O. The molecule has 0 aromatic carbocycles. The van der Waals surface area contributed by atoms with Crippen molar-refractivity contribution in [1.82, 2.24) is 20.4 Å². The molecule has 8 heteroatoms. The van der Waals surface area contributed by atoms with Crippen LogP contribution in [-0.4, -0.2) is 55.0 Å². The van der Waals surface area contributed by atoms with E-state index in [1.807, 2.05) is 13.2 Å². The third-order valence-corrected chi connectivity index (χ3v) is 5.48. The molecule has 0 spiro atoms. The van der Waals surface area contributed by atoms with Crippen LogP contribution in [0.3, 0.4) is 0 Å². The third kappa shape index (κ3) is 8.76. The lowest BCUT2D eigenvalue weighted by Gasteiger charge is -2.42. The summed E-state index contributed by atoms with van der Waals surface area (Å²) in [4.78, 5) is 2.35. The zero-order valence-corrected chi connectivity index (χ0v) is 20.7. The molecule has 168 valence electrons. The quantitative estimate of drug-likeness (QED) is 0.564. The molecule has 1 fully saturated rings. The van der Waals surface area contributed by atoms with E-state index in [0.717, 1.165) is 32.7 Å². The highest BCUT2D eigenvalue weighted by molar-refractivity contribution is 5.86. The van der Waals surface area contributed by atoms with Gasteiger partial charge in [-0.05, 0) is 44.7 Å². The summed E-state index contributed by atoms with van der Waals surface area (Å²) in [6.45, 7) is 13.0. The summed E-state index contributed by atoms with van der Waals surface area (Å²) >= 11 is 0. The second-order valence-corrected chi connectivity index (χ2v) is 8.83. The number of likely N-dealkylation sites (N-methyl/N-ethyl adjacent to an activating group) is 2. The summed E-state index contributed by atoms with van der Waals surface area (Å²) < 4.78 is 6.31. The van der Waals surface area contributed by atoms with E-state index in [1.54, 1.807) is 0 Å². The van der Waals surface area contributed by atoms with Crippen LogP contribution in [-0.2, 0) is 11.3 Å². The number of H-pyrrole nitrogens is 1. The Balaban J connectivity index is 0. The molecule has 0 amide bonds. The highest BCUT2D eigenvalue weighted by atomic mass is 35.5. The Hall–Kier alpha value is -0.0400. The Morgan fingerprint density at radius 2 is 2.00 bits per heavy atom. The number of aromatic nitrogens is 2. The fraction of sp³-hybridized carbons (Fsp3) is 0.850. The van der Waals surface area contributed by atoms with Gasteiger partial charge < -0.3 is 15.0 Å². The average molecular weight is 460 g/mol. The van der Waals surface area contributed by atoms with Gasteiger partial charge in [-0.3, -0.25) is 5.10 Å². The molecule has 1 aromatic heterocycles. The molecule has 1 heterocycles. The first kappa shape index (κ1) is 30.2. The normalized spacial score (nSPS) is 21.0. The minimum absolute atomic E-state index is 0. The Bertz CT molecular complexity index is 525. The van der Waals surface area contributed by atoms with E-state index >= 15 is 0 Å². The number of aromatic amines is 1. The molecule has 1 aromatic rings. The molecule has 1 unspecified atom stereocenters. The number of halogens is 3. The summed E-state index contributed by atoms with van der Waals surface area (Å²) in [6, 6.07) is 0. The van der Waals surface area contributed by atoms with Gasteiger partial charge in [0.05, 0.1) is 12.3 Å². The van der Waals surface area contributed by atoms with Gasteiger partial charge in [0.25, 0.3) is 0 Å². The maximum absolute atomic E-state index is 6.31. The standard InChI is InChI=1S/C20H38N4O.3ClH/c1-15(2)14-25-18-11-16(7-8-20(18,3)4)19-17(12-22-23-19)13-24(6)10-9-21-5;;;/h12,15-16,18,21H,7-11,13-14H2,1-6H3,(H,22,23);3*1H/t16?,18-;;;/m1.../s1. The van der Waals surface area contributed by atoms with E-state index in [1.165, 1.54) is 24.1 Å². The molecule has 1 aliphatic carbocycles. The lowest BCUT2D eigenvalue weighted by Crippen LogP contribution is -2.39. The molecule has 1 aliphatic rings. The number of hydrogen-bond acceptors (Lipinski definition) is 4. The molecule has 5 nitrogen and oxygen atoms in total. The predicted molar refractivity (Wildman–Crippen MR) is 126 cm³/mol. The lowest BCUT2D eigenvalue weighted by molar-refractivity contribution is -0.0650. The zero-order chi connectivity index (χ0) is 18.4. The summed E-state index contributed by atoms with van der Waals surface area (Å²) in [5, 5.41) is 10.9. The van der Waals surface area contributed by atoms with Crippen molar-refractivity contribution in [2.24, 2.45) is 11.3 Å². The fourth-order valence-corrected chi connectivity index (χ4v) is 3.74. The van der Waals surface area contributed by atoms with Crippen molar-refractivity contribution in [3.05, 3.63) is 17.5 Å². The van der Waals surface area contributed by atoms with Crippen LogP contribution in [0.2, 0.25) is 0 Å². The molecule has 2 rings (SSSR count). The van der Waals surface area contributed by atoms with Gasteiger partial charge in [-0.25, -0.2) is 0 Å². The number of nitrogens with one attached hydrogen (secondary N) is 2. The molecule has 0 saturated heterocycles. The van der Waals surface area contributed by atoms with Crippen LogP contribution in [0.1, 0.15) is 64.1 Å².